The number of fused-ring (bicyclic) bond motifs is 1. The minimum absolute atomic E-state index is 0.0295. The van der Waals surface area contributed by atoms with Gasteiger partial charge in [0.1, 0.15) is 0 Å². The second-order valence-corrected chi connectivity index (χ2v) is 6.82. The molecule has 0 saturated carbocycles. The van der Waals surface area contributed by atoms with Crippen LogP contribution in [-0.2, 0) is 6.54 Å². The maximum Gasteiger partial charge on any atom is 0.258 e. The Labute approximate surface area is 177 Å². The van der Waals surface area contributed by atoms with Gasteiger partial charge < -0.3 is 19.5 Å². The van der Waals surface area contributed by atoms with Gasteiger partial charge in [0.15, 0.2) is 11.5 Å². The molecule has 8 heteroatoms. The van der Waals surface area contributed by atoms with Crippen molar-refractivity contribution in [2.75, 3.05) is 7.11 Å². The number of phenolic OH excluding ortho intramolecular Hbond substituents is 1. The van der Waals surface area contributed by atoms with Crippen molar-refractivity contribution in [1.82, 2.24) is 14.5 Å². The largest absolute Gasteiger partial charge is 0.504 e. The molecule has 0 saturated heterocycles. The van der Waals surface area contributed by atoms with Gasteiger partial charge in [0.2, 0.25) is 5.88 Å². The molecule has 2 heterocycles. The molecule has 4 aromatic rings. The molecular weight excluding hydrogens is 396 g/mol. The summed E-state index contributed by atoms with van der Waals surface area (Å²) in [5.74, 6) is 0.157. The highest BCUT2D eigenvalue weighted by atomic mass is 16.5. The van der Waals surface area contributed by atoms with Crippen LogP contribution < -0.4 is 10.3 Å². The molecule has 0 aliphatic carbocycles. The van der Waals surface area contributed by atoms with Crippen molar-refractivity contribution in [3.63, 3.8) is 0 Å². The maximum atomic E-state index is 12.3. The Bertz CT molecular complexity index is 1340. The Hall–Kier alpha value is -4.33. The molecule has 0 atom stereocenters. The summed E-state index contributed by atoms with van der Waals surface area (Å²) >= 11 is 0. The minimum atomic E-state index is -0.380. The van der Waals surface area contributed by atoms with Crippen LogP contribution in [0, 0.1) is 0 Å². The molecule has 156 valence electrons. The first-order valence-corrected chi connectivity index (χ1v) is 9.45. The third-order valence-corrected chi connectivity index (χ3v) is 4.77. The average Bonchev–Trinajstić information content (AvgIpc) is 3.28. The fourth-order valence-electron chi connectivity index (χ4n) is 3.19. The van der Waals surface area contributed by atoms with Gasteiger partial charge in [-0.1, -0.05) is 12.1 Å². The van der Waals surface area contributed by atoms with Gasteiger partial charge in [-0.25, -0.2) is 4.98 Å². The Kier molecular flexibility index (Phi) is 5.53. The summed E-state index contributed by atoms with van der Waals surface area (Å²) in [6.45, 7) is 0.276. The number of nitrogens with one attached hydrogen (secondary N) is 1. The molecule has 0 spiro atoms. The number of H-pyrrole nitrogens is 1. The molecule has 4 rings (SSSR count). The molecule has 0 fully saturated rings. The number of nitrogens with zero attached hydrogens (tertiary/aromatic N) is 3. The second-order valence-electron chi connectivity index (χ2n) is 6.82. The molecule has 2 aromatic heterocycles. The summed E-state index contributed by atoms with van der Waals surface area (Å²) in [5, 5.41) is 21.3. The first kappa shape index (κ1) is 20.0. The van der Waals surface area contributed by atoms with Crippen LogP contribution in [0.2, 0.25) is 0 Å². The summed E-state index contributed by atoms with van der Waals surface area (Å²) in [7, 11) is 1.48. The van der Waals surface area contributed by atoms with Crippen LogP contribution in [0.5, 0.6) is 17.4 Å². The molecule has 31 heavy (non-hydrogen) atoms. The van der Waals surface area contributed by atoms with Crippen LogP contribution in [-0.4, -0.2) is 38.1 Å². The van der Waals surface area contributed by atoms with Gasteiger partial charge in [0.25, 0.3) is 5.56 Å². The predicted octanol–water partition coefficient (Wildman–Crippen LogP) is 3.39. The van der Waals surface area contributed by atoms with Gasteiger partial charge in [-0.15, -0.1) is 0 Å². The van der Waals surface area contributed by atoms with E-state index in [1.165, 1.54) is 13.3 Å². The van der Waals surface area contributed by atoms with Crippen molar-refractivity contribution >= 4 is 29.3 Å². The zero-order chi connectivity index (χ0) is 21.8. The lowest BCUT2D eigenvalue weighted by Gasteiger charge is -2.07. The van der Waals surface area contributed by atoms with Crippen molar-refractivity contribution in [3.8, 4) is 17.4 Å². The number of rotatable bonds is 6. The number of aromatic amines is 1. The molecular formula is C23H20N4O4. The zero-order valence-electron chi connectivity index (χ0n) is 16.7. The number of aromatic hydroxyl groups is 2. The van der Waals surface area contributed by atoms with Gasteiger partial charge >= 0.3 is 0 Å². The third-order valence-electron chi connectivity index (χ3n) is 4.77. The van der Waals surface area contributed by atoms with Crippen molar-refractivity contribution < 1.29 is 14.9 Å². The average molecular weight is 416 g/mol. The number of hydrogen-bond acceptors (Lipinski definition) is 6. The van der Waals surface area contributed by atoms with Crippen LogP contribution in [0.3, 0.4) is 0 Å². The van der Waals surface area contributed by atoms with Gasteiger partial charge in [-0.05, 0) is 41.5 Å². The highest BCUT2D eigenvalue weighted by molar-refractivity contribution is 6.02. The molecule has 0 aliphatic rings. The molecule has 0 bridgehead atoms. The summed E-state index contributed by atoms with van der Waals surface area (Å²) < 4.78 is 6.84. The number of aliphatic imine (C=N–C) groups is 1. The van der Waals surface area contributed by atoms with E-state index in [0.29, 0.717) is 22.1 Å². The van der Waals surface area contributed by atoms with Crippen molar-refractivity contribution in [2.45, 2.75) is 6.54 Å². The summed E-state index contributed by atoms with van der Waals surface area (Å²) in [5.41, 5.74) is 1.65. The summed E-state index contributed by atoms with van der Waals surface area (Å²) in [6, 6.07) is 10.4. The van der Waals surface area contributed by atoms with E-state index in [4.69, 9.17) is 4.74 Å². The Morgan fingerprint density at radius 1 is 1.19 bits per heavy atom. The lowest BCUT2D eigenvalue weighted by Crippen LogP contribution is -2.08. The molecule has 2 aromatic carbocycles. The minimum Gasteiger partial charge on any atom is -0.504 e. The fourth-order valence-corrected chi connectivity index (χ4v) is 3.19. The van der Waals surface area contributed by atoms with Crippen molar-refractivity contribution in [1.29, 1.82) is 0 Å². The van der Waals surface area contributed by atoms with Crippen molar-refractivity contribution in [3.05, 3.63) is 82.2 Å². The monoisotopic (exact) mass is 416 g/mol. The molecule has 0 unspecified atom stereocenters. The van der Waals surface area contributed by atoms with Gasteiger partial charge in [-0.3, -0.25) is 14.8 Å². The Morgan fingerprint density at radius 2 is 2.06 bits per heavy atom. The smallest absolute Gasteiger partial charge is 0.258 e. The molecule has 3 N–H and O–H groups in total. The lowest BCUT2D eigenvalue weighted by molar-refractivity contribution is 0.373. The van der Waals surface area contributed by atoms with E-state index < -0.39 is 0 Å². The number of benzene rings is 2. The molecule has 8 nitrogen and oxygen atoms in total. The number of phenols is 1. The number of pyridine rings is 1. The normalized spacial score (nSPS) is 11.6. The molecule has 0 aliphatic heterocycles. The van der Waals surface area contributed by atoms with E-state index in [0.717, 1.165) is 11.1 Å². The van der Waals surface area contributed by atoms with Crippen LogP contribution in [0.4, 0.5) is 0 Å². The Morgan fingerprint density at radius 3 is 2.81 bits per heavy atom. The van der Waals surface area contributed by atoms with E-state index in [1.807, 2.05) is 30.6 Å². The lowest BCUT2D eigenvalue weighted by atomic mass is 10.0. The predicted molar refractivity (Wildman–Crippen MR) is 120 cm³/mol. The Balaban J connectivity index is 1.67. The summed E-state index contributed by atoms with van der Waals surface area (Å²) in [6.07, 6.45) is 10.4. The van der Waals surface area contributed by atoms with E-state index in [-0.39, 0.29) is 23.7 Å². The standard InChI is InChI=1S/C23H20N4O4/c1-31-21-5-3-16(11-20(21)28)12-25-13-19-18-10-15(6-8-27-9-7-24-14-27)2-4-17(18)22(29)26-23(19)30/h2-11,13-14,28H,12H2,1H3,(H2,26,29,30). The van der Waals surface area contributed by atoms with Gasteiger partial charge in [0, 0.05) is 35.6 Å². The second kappa shape index (κ2) is 8.58. The van der Waals surface area contributed by atoms with E-state index >= 15 is 0 Å². The number of ether oxygens (including phenoxy) is 1. The van der Waals surface area contributed by atoms with E-state index in [9.17, 15) is 15.0 Å². The number of imidazole rings is 1. The SMILES string of the molecule is COc1ccc(CN=Cc2c(O)[nH]c(=O)c3ccc(C=Cn4ccnc4)cc23)cc1O. The van der Waals surface area contributed by atoms with Crippen LogP contribution >= 0.6 is 0 Å². The van der Waals surface area contributed by atoms with Gasteiger partial charge in [-0.2, -0.15) is 0 Å². The van der Waals surface area contributed by atoms with Crippen LogP contribution in [0.1, 0.15) is 16.7 Å². The first-order chi connectivity index (χ1) is 15.0. The van der Waals surface area contributed by atoms with Crippen LogP contribution in [0.25, 0.3) is 23.0 Å². The van der Waals surface area contributed by atoms with Crippen LogP contribution in [0.15, 0.2) is 64.9 Å². The number of hydrogen-bond donors (Lipinski definition) is 3. The quantitative estimate of drug-likeness (QED) is 0.417. The molecule has 0 amide bonds. The summed E-state index contributed by atoms with van der Waals surface area (Å²) in [4.78, 5) is 23.1. The molecule has 0 radical (unpaired) electrons. The topological polar surface area (TPSA) is 113 Å². The zero-order valence-corrected chi connectivity index (χ0v) is 16.7. The first-order valence-electron chi connectivity index (χ1n) is 9.45. The van der Waals surface area contributed by atoms with Crippen molar-refractivity contribution in [2.24, 2.45) is 4.99 Å². The number of methoxy groups -OCH3 is 1. The van der Waals surface area contributed by atoms with Gasteiger partial charge in [0.05, 0.1) is 25.5 Å². The highest BCUT2D eigenvalue weighted by Crippen LogP contribution is 2.27. The highest BCUT2D eigenvalue weighted by Gasteiger charge is 2.10. The fraction of sp³-hybridized carbons (Fsp3) is 0.0870. The third kappa shape index (κ3) is 4.32. The van der Waals surface area contributed by atoms with E-state index in [1.54, 1.807) is 41.4 Å². The van der Waals surface area contributed by atoms with E-state index in [2.05, 4.69) is 15.0 Å². The number of aromatic nitrogens is 3. The maximum absolute atomic E-state index is 12.3.